The average molecular weight is 548 g/mol. The van der Waals surface area contributed by atoms with Gasteiger partial charge in [-0.05, 0) is 70.6 Å². The van der Waals surface area contributed by atoms with E-state index in [1.165, 1.54) is 6.07 Å². The van der Waals surface area contributed by atoms with Crippen molar-refractivity contribution in [3.63, 3.8) is 0 Å². The van der Waals surface area contributed by atoms with Crippen LogP contribution in [0, 0.1) is 5.92 Å². The first-order valence-corrected chi connectivity index (χ1v) is 14.7. The fourth-order valence-corrected chi connectivity index (χ4v) is 4.59. The minimum atomic E-state index is -0.954. The molecule has 0 aliphatic heterocycles. The number of carbonyl (C=O) groups is 3. The van der Waals surface area contributed by atoms with E-state index in [9.17, 15) is 19.5 Å². The summed E-state index contributed by atoms with van der Waals surface area (Å²) in [6.45, 7) is 15.8. The highest BCUT2D eigenvalue weighted by Gasteiger charge is 2.36. The van der Waals surface area contributed by atoms with Crippen LogP contribution in [0.3, 0.4) is 0 Å². The van der Waals surface area contributed by atoms with Crippen molar-refractivity contribution in [2.24, 2.45) is 5.92 Å². The third-order valence-electron chi connectivity index (χ3n) is 6.34. The van der Waals surface area contributed by atoms with Gasteiger partial charge in [0.1, 0.15) is 23.4 Å². The number of carbonyl (C=O) groups excluding carboxylic acids is 3. The number of phenols is 1. The Balaban J connectivity index is 3.48. The number of amides is 3. The van der Waals surface area contributed by atoms with Gasteiger partial charge in [0.15, 0.2) is 0 Å². The van der Waals surface area contributed by atoms with Crippen LogP contribution < -0.4 is 10.6 Å². The Hall–Kier alpha value is -2.77. The lowest BCUT2D eigenvalue weighted by Crippen LogP contribution is -2.54. The number of nitrogens with one attached hydrogen (secondary N) is 2. The van der Waals surface area contributed by atoms with E-state index >= 15 is 0 Å². The van der Waals surface area contributed by atoms with Gasteiger partial charge < -0.3 is 25.4 Å². The van der Waals surface area contributed by atoms with Crippen molar-refractivity contribution in [3.8, 4) is 5.75 Å². The topological polar surface area (TPSA) is 108 Å². The van der Waals surface area contributed by atoms with Crippen LogP contribution in [-0.2, 0) is 14.3 Å². The van der Waals surface area contributed by atoms with Gasteiger partial charge in [-0.3, -0.25) is 9.59 Å². The van der Waals surface area contributed by atoms with Crippen molar-refractivity contribution in [1.82, 2.24) is 15.5 Å². The van der Waals surface area contributed by atoms with Crippen molar-refractivity contribution in [3.05, 3.63) is 29.8 Å². The van der Waals surface area contributed by atoms with Gasteiger partial charge in [0.25, 0.3) is 0 Å². The van der Waals surface area contributed by atoms with Crippen LogP contribution >= 0.6 is 0 Å². The van der Waals surface area contributed by atoms with Crippen LogP contribution in [0.5, 0.6) is 5.75 Å². The third-order valence-corrected chi connectivity index (χ3v) is 6.34. The zero-order valence-corrected chi connectivity index (χ0v) is 25.5. The first-order valence-electron chi connectivity index (χ1n) is 14.7. The minimum absolute atomic E-state index is 0.0212. The minimum Gasteiger partial charge on any atom is -0.508 e. The Morgan fingerprint density at radius 2 is 1.64 bits per heavy atom. The molecular formula is C31H53N3O5. The van der Waals surface area contributed by atoms with Gasteiger partial charge in [0, 0.05) is 12.6 Å². The van der Waals surface area contributed by atoms with Gasteiger partial charge in [0.2, 0.25) is 11.8 Å². The molecular weight excluding hydrogens is 494 g/mol. The van der Waals surface area contributed by atoms with E-state index in [4.69, 9.17) is 4.74 Å². The number of hydrogen-bond donors (Lipinski definition) is 3. The summed E-state index contributed by atoms with van der Waals surface area (Å²) in [6, 6.07) is 4.61. The number of hydrogen-bond acceptors (Lipinski definition) is 5. The van der Waals surface area contributed by atoms with Gasteiger partial charge in [0.05, 0.1) is 0 Å². The number of benzene rings is 1. The van der Waals surface area contributed by atoms with E-state index in [2.05, 4.69) is 24.5 Å². The molecule has 3 unspecified atom stereocenters. The molecule has 0 bridgehead atoms. The van der Waals surface area contributed by atoms with Crippen LogP contribution in [0.15, 0.2) is 24.3 Å². The van der Waals surface area contributed by atoms with Crippen molar-refractivity contribution in [1.29, 1.82) is 0 Å². The summed E-state index contributed by atoms with van der Waals surface area (Å²) in [5, 5.41) is 16.1. The molecule has 0 aliphatic carbocycles. The molecule has 1 rings (SSSR count). The van der Waals surface area contributed by atoms with Crippen LogP contribution in [0.2, 0.25) is 0 Å². The van der Waals surface area contributed by atoms with Gasteiger partial charge in [-0.2, -0.15) is 0 Å². The predicted octanol–water partition coefficient (Wildman–Crippen LogP) is 6.48. The van der Waals surface area contributed by atoms with Gasteiger partial charge >= 0.3 is 6.09 Å². The number of aromatic hydroxyl groups is 1. The van der Waals surface area contributed by atoms with Crippen molar-refractivity contribution >= 4 is 17.9 Å². The third kappa shape index (κ3) is 13.2. The number of phenolic OH excluding ortho intramolecular Hbond substituents is 1. The largest absolute Gasteiger partial charge is 0.508 e. The molecule has 3 amide bonds. The summed E-state index contributed by atoms with van der Waals surface area (Å²) >= 11 is 0. The molecule has 0 saturated heterocycles. The molecule has 1 aromatic carbocycles. The maximum atomic E-state index is 14.2. The first-order chi connectivity index (χ1) is 18.3. The zero-order chi connectivity index (χ0) is 29.6. The Morgan fingerprint density at radius 3 is 2.21 bits per heavy atom. The van der Waals surface area contributed by atoms with E-state index in [1.54, 1.807) is 43.9 Å². The molecule has 8 nitrogen and oxygen atoms in total. The van der Waals surface area contributed by atoms with E-state index in [0.717, 1.165) is 44.9 Å². The molecule has 0 spiro atoms. The number of ether oxygens (including phenoxy) is 1. The summed E-state index contributed by atoms with van der Waals surface area (Å²) in [7, 11) is 0. The molecule has 222 valence electrons. The second-order valence-corrected chi connectivity index (χ2v) is 12.0. The second kappa shape index (κ2) is 17.0. The van der Waals surface area contributed by atoms with Gasteiger partial charge in [-0.1, -0.05) is 71.9 Å². The van der Waals surface area contributed by atoms with Crippen molar-refractivity contribution < 1.29 is 24.2 Å². The molecule has 3 N–H and O–H groups in total. The summed E-state index contributed by atoms with van der Waals surface area (Å²) in [5.74, 6) is -0.508. The lowest BCUT2D eigenvalue weighted by atomic mass is 9.98. The van der Waals surface area contributed by atoms with Crippen LogP contribution in [-0.4, -0.2) is 52.1 Å². The molecule has 8 heteroatoms. The molecule has 0 heterocycles. The fourth-order valence-electron chi connectivity index (χ4n) is 4.59. The van der Waals surface area contributed by atoms with Crippen LogP contribution in [0.1, 0.15) is 118 Å². The molecule has 0 radical (unpaired) electrons. The molecule has 1 aromatic rings. The molecule has 0 aromatic heterocycles. The Kier molecular flexibility index (Phi) is 15.0. The van der Waals surface area contributed by atoms with E-state index in [1.807, 2.05) is 20.8 Å². The average Bonchev–Trinajstić information content (AvgIpc) is 2.80. The maximum Gasteiger partial charge on any atom is 0.408 e. The lowest BCUT2D eigenvalue weighted by molar-refractivity contribution is -0.143. The molecule has 39 heavy (non-hydrogen) atoms. The highest BCUT2D eigenvalue weighted by atomic mass is 16.6. The van der Waals surface area contributed by atoms with Crippen molar-refractivity contribution in [2.45, 2.75) is 130 Å². The molecule has 0 fully saturated rings. The Labute approximate surface area is 236 Å². The zero-order valence-electron chi connectivity index (χ0n) is 25.5. The summed E-state index contributed by atoms with van der Waals surface area (Å²) in [5.41, 5.74) is -0.188. The number of unbranched alkanes of at least 4 members (excludes halogenated alkanes) is 4. The fraction of sp³-hybridized carbons (Fsp3) is 0.710. The van der Waals surface area contributed by atoms with E-state index in [-0.39, 0.29) is 29.5 Å². The van der Waals surface area contributed by atoms with Gasteiger partial charge in [-0.15, -0.1) is 0 Å². The van der Waals surface area contributed by atoms with Crippen molar-refractivity contribution in [2.75, 3.05) is 6.54 Å². The standard InChI is InChI=1S/C31H53N3O5/c1-9-11-12-13-14-19-34(29(37)26(20-22(3)4)33-30(38)39-31(6,7)8)27(24-17-15-18-25(35)21-24)28(36)32-23(5)16-10-2/h15,17-18,21-23,26-27,35H,9-14,16,19-20H2,1-8H3,(H,32,36)(H,33,38). The summed E-state index contributed by atoms with van der Waals surface area (Å²) < 4.78 is 5.46. The summed E-state index contributed by atoms with van der Waals surface area (Å²) in [4.78, 5) is 42.3. The number of nitrogens with zero attached hydrogens (tertiary/aromatic N) is 1. The maximum absolute atomic E-state index is 14.2. The molecule has 0 aliphatic rings. The lowest BCUT2D eigenvalue weighted by Gasteiger charge is -2.35. The number of rotatable bonds is 16. The smallest absolute Gasteiger partial charge is 0.408 e. The molecule has 3 atom stereocenters. The first kappa shape index (κ1) is 34.3. The highest BCUT2D eigenvalue weighted by molar-refractivity contribution is 5.92. The van der Waals surface area contributed by atoms with Gasteiger partial charge in [-0.25, -0.2) is 4.79 Å². The van der Waals surface area contributed by atoms with E-state index in [0.29, 0.717) is 18.5 Å². The van der Waals surface area contributed by atoms with Crippen LogP contribution in [0.4, 0.5) is 4.79 Å². The number of alkyl carbamates (subject to hydrolysis) is 1. The highest BCUT2D eigenvalue weighted by Crippen LogP contribution is 2.27. The Morgan fingerprint density at radius 1 is 0.974 bits per heavy atom. The predicted molar refractivity (Wildman–Crippen MR) is 156 cm³/mol. The molecule has 0 saturated carbocycles. The quantitative estimate of drug-likeness (QED) is 0.205. The SMILES string of the molecule is CCCCCCCN(C(=O)C(CC(C)C)NC(=O)OC(C)(C)C)C(C(=O)NC(C)CCC)c1cccc(O)c1. The monoisotopic (exact) mass is 547 g/mol. The van der Waals surface area contributed by atoms with E-state index < -0.39 is 23.8 Å². The van der Waals surface area contributed by atoms with Crippen LogP contribution in [0.25, 0.3) is 0 Å². The Bertz CT molecular complexity index is 896. The summed E-state index contributed by atoms with van der Waals surface area (Å²) in [6.07, 6.45) is 6.34. The normalized spacial score (nSPS) is 13.9. The second-order valence-electron chi connectivity index (χ2n) is 12.0.